The van der Waals surface area contributed by atoms with Crippen LogP contribution in [0, 0.1) is 17.8 Å². The van der Waals surface area contributed by atoms with Gasteiger partial charge in [0.25, 0.3) is 0 Å². The molecular weight excluding hydrogens is 566 g/mol. The summed E-state index contributed by atoms with van der Waals surface area (Å²) >= 11 is 11.1. The van der Waals surface area contributed by atoms with E-state index in [1.807, 2.05) is 0 Å². The van der Waals surface area contributed by atoms with Gasteiger partial charge in [-0.25, -0.2) is 0 Å². The molecule has 182 valence electrons. The molecule has 6 atom stereocenters. The largest absolute Gasteiger partial charge is 6.00 e. The van der Waals surface area contributed by atoms with E-state index in [1.54, 1.807) is 0 Å². The SMILES string of the molecule is CC1CC[N-]C(C2CC(C(=O)O)CC(C3CC(C)CC[N-]3)[N-]2)C1.[N-]=C=S.[N-]=C=S.[N-]=C=S.[Ru+6]. The van der Waals surface area contributed by atoms with Crippen LogP contribution in [0.4, 0.5) is 0 Å². The van der Waals surface area contributed by atoms with Crippen LogP contribution in [0.2, 0.25) is 0 Å². The van der Waals surface area contributed by atoms with Crippen LogP contribution in [0.5, 0.6) is 0 Å². The molecule has 0 saturated carbocycles. The van der Waals surface area contributed by atoms with E-state index >= 15 is 0 Å². The molecule has 0 aliphatic carbocycles. The predicted octanol–water partition coefficient (Wildman–Crippen LogP) is 5.91. The van der Waals surface area contributed by atoms with Crippen molar-refractivity contribution in [3.8, 4) is 0 Å². The number of nitrogens with zero attached hydrogens (tertiary/aromatic N) is 6. The summed E-state index contributed by atoms with van der Waals surface area (Å²) in [5.41, 5.74) is 0. The number of thiocarbonyl (C=S) groups is 3. The van der Waals surface area contributed by atoms with Gasteiger partial charge in [0.1, 0.15) is 0 Å². The first-order valence-electron chi connectivity index (χ1n) is 10.6. The number of carboxylic acids is 1. The number of rotatable bonds is 3. The molecule has 0 radical (unpaired) electrons. The average molecular weight is 596 g/mol. The molecule has 1 N–H and O–H groups in total. The third-order valence-electron chi connectivity index (χ3n) is 5.93. The second kappa shape index (κ2) is 20.7. The van der Waals surface area contributed by atoms with Crippen LogP contribution in [0.25, 0.3) is 32.2 Å². The van der Waals surface area contributed by atoms with E-state index in [9.17, 15) is 9.90 Å². The van der Waals surface area contributed by atoms with Crippen LogP contribution in [-0.2, 0) is 24.3 Å². The number of hydrogen-bond acceptors (Lipinski definition) is 4. The summed E-state index contributed by atoms with van der Waals surface area (Å²) in [5.74, 6) is 0.413. The number of carbonyl (C=O) groups is 1. The number of piperidine rings is 3. The molecule has 0 aromatic rings. The maximum atomic E-state index is 11.6. The Balaban J connectivity index is 0. The second-order valence-electron chi connectivity index (χ2n) is 8.27. The van der Waals surface area contributed by atoms with Crippen LogP contribution in [-0.4, -0.2) is 63.8 Å². The fraction of sp³-hybridized carbons (Fsp3) is 0.810. The molecule has 8 nitrogen and oxygen atoms in total. The van der Waals surface area contributed by atoms with E-state index < -0.39 is 5.97 Å². The number of carboxylic acid groups (broad SMARTS) is 1. The molecule has 0 amide bonds. The fourth-order valence-corrected chi connectivity index (χ4v) is 4.45. The van der Waals surface area contributed by atoms with Crippen LogP contribution < -0.4 is 0 Å². The summed E-state index contributed by atoms with van der Waals surface area (Å²) in [6, 6.07) is 0.629. The van der Waals surface area contributed by atoms with Crippen molar-refractivity contribution in [3.63, 3.8) is 0 Å². The standard InChI is InChI=1S/C18H30N3O2.3CNS.Ru/c1-11-3-5-19-14(7-11)16-9-13(18(22)23)10-17(21-16)15-8-12(2)4-6-20-15;3*2-1-3;/h11-17H,3-10H2,1-2H3,(H,22,23);;;;/q-3;3*-1;+6. The van der Waals surface area contributed by atoms with Gasteiger partial charge in [-0.05, 0) is 11.8 Å². The van der Waals surface area contributed by atoms with E-state index in [2.05, 4.69) is 50.5 Å². The van der Waals surface area contributed by atoms with Gasteiger partial charge in [-0.15, -0.1) is 13.1 Å². The van der Waals surface area contributed by atoms with E-state index in [4.69, 9.17) is 32.2 Å². The van der Waals surface area contributed by atoms with Crippen molar-refractivity contribution >= 4 is 58.1 Å². The molecule has 3 heterocycles. The Morgan fingerprint density at radius 1 is 0.788 bits per heavy atom. The number of hydrogen-bond donors (Lipinski definition) is 1. The van der Waals surface area contributed by atoms with Crippen LogP contribution >= 0.6 is 36.7 Å². The maximum Gasteiger partial charge on any atom is 6.00 e. The molecule has 0 spiro atoms. The zero-order valence-electron chi connectivity index (χ0n) is 18.8. The van der Waals surface area contributed by atoms with Crippen LogP contribution in [0.1, 0.15) is 52.4 Å². The van der Waals surface area contributed by atoms with Crippen LogP contribution in [0.3, 0.4) is 0 Å². The normalized spacial score (nSPS) is 32.5. The van der Waals surface area contributed by atoms with Crippen molar-refractivity contribution in [2.75, 3.05) is 13.1 Å². The topological polar surface area (TPSA) is 146 Å². The third-order valence-corrected chi connectivity index (χ3v) is 5.93. The molecule has 0 aromatic carbocycles. The second-order valence-corrected chi connectivity index (χ2v) is 8.82. The Morgan fingerprint density at radius 3 is 1.39 bits per heavy atom. The summed E-state index contributed by atoms with van der Waals surface area (Å²) in [4.78, 5) is 11.6. The first-order valence-corrected chi connectivity index (χ1v) is 11.8. The summed E-state index contributed by atoms with van der Waals surface area (Å²) in [7, 11) is 0. The van der Waals surface area contributed by atoms with Gasteiger partial charge in [-0.3, -0.25) is 4.79 Å². The maximum absolute atomic E-state index is 11.6. The van der Waals surface area contributed by atoms with Gasteiger partial charge in [0.2, 0.25) is 0 Å². The third kappa shape index (κ3) is 14.4. The summed E-state index contributed by atoms with van der Waals surface area (Å²) in [6.45, 7) is 6.36. The molecule has 3 fully saturated rings. The zero-order valence-corrected chi connectivity index (χ0v) is 23.0. The van der Waals surface area contributed by atoms with Gasteiger partial charge >= 0.3 is 25.4 Å². The summed E-state index contributed by atoms with van der Waals surface area (Å²) in [5, 5.41) is 49.6. The average Bonchev–Trinajstić information content (AvgIpc) is 2.75. The quantitative estimate of drug-likeness (QED) is 0.245. The molecule has 3 aliphatic heterocycles. The van der Waals surface area contributed by atoms with Crippen LogP contribution in [0.15, 0.2) is 0 Å². The fourth-order valence-electron chi connectivity index (χ4n) is 4.45. The molecule has 33 heavy (non-hydrogen) atoms. The molecule has 0 aromatic heterocycles. The Hall–Kier alpha value is -0.627. The van der Waals surface area contributed by atoms with Gasteiger partial charge in [-0.1, -0.05) is 89.0 Å². The van der Waals surface area contributed by atoms with E-state index in [0.29, 0.717) is 24.7 Å². The van der Waals surface area contributed by atoms with Crippen molar-refractivity contribution < 1.29 is 29.4 Å². The zero-order chi connectivity index (χ0) is 24.5. The van der Waals surface area contributed by atoms with Crippen molar-refractivity contribution in [2.45, 2.75) is 76.5 Å². The van der Waals surface area contributed by atoms with Crippen molar-refractivity contribution in [2.24, 2.45) is 17.8 Å². The molecule has 0 bridgehead atoms. The Kier molecular flexibility index (Phi) is 21.7. The first kappa shape index (κ1) is 34.5. The van der Waals surface area contributed by atoms with Crippen molar-refractivity contribution in [1.29, 1.82) is 0 Å². The molecule has 3 rings (SSSR count). The summed E-state index contributed by atoms with van der Waals surface area (Å²) < 4.78 is 0. The summed E-state index contributed by atoms with van der Waals surface area (Å²) in [6.07, 6.45) is 5.76. The Bertz CT molecular complexity index is 610. The first-order chi connectivity index (χ1) is 15.3. The molecular formula is C21H30N6O2RuS3. The minimum Gasteiger partial charge on any atom is -0.753 e. The van der Waals surface area contributed by atoms with Gasteiger partial charge in [0.05, 0.1) is 5.92 Å². The Morgan fingerprint density at radius 2 is 1.12 bits per heavy atom. The minimum absolute atomic E-state index is 0. The van der Waals surface area contributed by atoms with Gasteiger partial charge in [0.15, 0.2) is 0 Å². The Labute approximate surface area is 226 Å². The van der Waals surface area contributed by atoms with E-state index in [1.165, 1.54) is 15.5 Å². The molecule has 3 aliphatic rings. The van der Waals surface area contributed by atoms with Crippen molar-refractivity contribution in [3.05, 3.63) is 32.2 Å². The van der Waals surface area contributed by atoms with Gasteiger partial charge < -0.3 is 37.3 Å². The molecule has 12 heteroatoms. The molecule has 6 unspecified atom stereocenters. The van der Waals surface area contributed by atoms with Crippen molar-refractivity contribution in [1.82, 2.24) is 0 Å². The molecule has 3 saturated heterocycles. The monoisotopic (exact) mass is 596 g/mol. The predicted molar refractivity (Wildman–Crippen MR) is 140 cm³/mol. The minimum atomic E-state index is -0.664. The van der Waals surface area contributed by atoms with E-state index in [0.717, 1.165) is 38.8 Å². The number of aliphatic carboxylic acids is 1. The smallest absolute Gasteiger partial charge is 0.753 e. The number of isothiocyanates is 3. The van der Waals surface area contributed by atoms with Gasteiger partial charge in [0, 0.05) is 0 Å². The van der Waals surface area contributed by atoms with E-state index in [-0.39, 0.29) is 49.6 Å². The van der Waals surface area contributed by atoms with Gasteiger partial charge in [-0.2, -0.15) is 39.7 Å².